The quantitative estimate of drug-likeness (QED) is 0.755. The van der Waals surface area contributed by atoms with Gasteiger partial charge in [0, 0.05) is 12.7 Å². The molecule has 0 aromatic carbocycles. The summed E-state index contributed by atoms with van der Waals surface area (Å²) in [6, 6.07) is 1.81. The summed E-state index contributed by atoms with van der Waals surface area (Å²) in [6.45, 7) is 2.77. The fourth-order valence-corrected chi connectivity index (χ4v) is 1.50. The summed E-state index contributed by atoms with van der Waals surface area (Å²) in [7, 11) is 0. The highest BCUT2D eigenvalue weighted by atomic mass is 16.4. The molecule has 1 aliphatic rings. The Bertz CT molecular complexity index is 339. The summed E-state index contributed by atoms with van der Waals surface area (Å²) in [5.74, 6) is -0.742. The van der Waals surface area contributed by atoms with E-state index < -0.39 is 11.4 Å². The van der Waals surface area contributed by atoms with Crippen molar-refractivity contribution >= 4 is 5.97 Å². The van der Waals surface area contributed by atoms with Crippen LogP contribution in [0.15, 0.2) is 12.3 Å². The lowest BCUT2D eigenvalue weighted by molar-refractivity contribution is -0.140. The van der Waals surface area contributed by atoms with Crippen LogP contribution in [0.2, 0.25) is 0 Å². The van der Waals surface area contributed by atoms with Gasteiger partial charge in [0.2, 0.25) is 0 Å². The van der Waals surface area contributed by atoms with Crippen LogP contribution in [0, 0.1) is 0 Å². The Kier molecular flexibility index (Phi) is 1.65. The van der Waals surface area contributed by atoms with E-state index in [4.69, 9.17) is 5.11 Å². The number of carboxylic acids is 1. The van der Waals surface area contributed by atoms with Crippen molar-refractivity contribution in [1.82, 2.24) is 9.78 Å². The molecule has 0 aliphatic heterocycles. The van der Waals surface area contributed by atoms with Crippen LogP contribution >= 0.6 is 0 Å². The van der Waals surface area contributed by atoms with Gasteiger partial charge in [-0.05, 0) is 25.8 Å². The number of rotatable bonds is 3. The Morgan fingerprint density at radius 1 is 1.77 bits per heavy atom. The molecule has 4 nitrogen and oxygen atoms in total. The highest BCUT2D eigenvalue weighted by Crippen LogP contribution is 2.47. The van der Waals surface area contributed by atoms with Crippen molar-refractivity contribution in [1.29, 1.82) is 0 Å². The van der Waals surface area contributed by atoms with E-state index in [0.29, 0.717) is 5.69 Å². The molecule has 0 radical (unpaired) electrons. The Morgan fingerprint density at radius 3 is 2.85 bits per heavy atom. The number of carboxylic acid groups (broad SMARTS) is 1. The highest BCUT2D eigenvalue weighted by molar-refractivity contribution is 5.84. The van der Waals surface area contributed by atoms with Crippen LogP contribution in [0.5, 0.6) is 0 Å². The predicted octanol–water partition coefficient (Wildman–Crippen LogP) is 1.02. The molecule has 4 heteroatoms. The molecule has 0 amide bonds. The smallest absolute Gasteiger partial charge is 0.315 e. The topological polar surface area (TPSA) is 55.1 Å². The fourth-order valence-electron chi connectivity index (χ4n) is 1.50. The number of carbonyl (C=O) groups is 1. The normalized spacial score (nSPS) is 18.5. The second-order valence-corrected chi connectivity index (χ2v) is 3.44. The summed E-state index contributed by atoms with van der Waals surface area (Å²) in [5, 5.41) is 13.2. The van der Waals surface area contributed by atoms with E-state index in [-0.39, 0.29) is 0 Å². The van der Waals surface area contributed by atoms with E-state index in [1.54, 1.807) is 4.68 Å². The molecule has 0 unspecified atom stereocenters. The molecule has 0 saturated heterocycles. The third-order valence-corrected chi connectivity index (χ3v) is 2.61. The zero-order valence-corrected chi connectivity index (χ0v) is 7.53. The first-order valence-electron chi connectivity index (χ1n) is 4.46. The number of hydrogen-bond donors (Lipinski definition) is 1. The standard InChI is InChI=1S/C9H12N2O2/c1-2-11-6-3-7(10-11)9(4-5-9)8(12)13/h3,6H,2,4-5H2,1H3,(H,12,13). The summed E-state index contributed by atoms with van der Waals surface area (Å²) in [6.07, 6.45) is 3.28. The second-order valence-electron chi connectivity index (χ2n) is 3.44. The molecular formula is C9H12N2O2. The molecule has 13 heavy (non-hydrogen) atoms. The lowest BCUT2D eigenvalue weighted by atomic mass is 10.0. The lowest BCUT2D eigenvalue weighted by Gasteiger charge is -2.04. The van der Waals surface area contributed by atoms with Crippen molar-refractivity contribution in [2.24, 2.45) is 0 Å². The number of aromatic nitrogens is 2. The van der Waals surface area contributed by atoms with Crippen molar-refractivity contribution < 1.29 is 9.90 Å². The molecule has 2 rings (SSSR count). The minimum Gasteiger partial charge on any atom is -0.481 e. The molecule has 1 aromatic rings. The van der Waals surface area contributed by atoms with E-state index >= 15 is 0 Å². The van der Waals surface area contributed by atoms with Crippen molar-refractivity contribution in [2.75, 3.05) is 0 Å². The zero-order chi connectivity index (χ0) is 9.47. The summed E-state index contributed by atoms with van der Waals surface area (Å²) in [4.78, 5) is 10.9. The maximum Gasteiger partial charge on any atom is 0.315 e. The molecule has 0 bridgehead atoms. The van der Waals surface area contributed by atoms with Crippen molar-refractivity contribution in [3.05, 3.63) is 18.0 Å². The molecule has 1 aliphatic carbocycles. The molecule has 70 valence electrons. The number of nitrogens with zero attached hydrogens (tertiary/aromatic N) is 2. The van der Waals surface area contributed by atoms with Gasteiger partial charge in [-0.25, -0.2) is 0 Å². The fraction of sp³-hybridized carbons (Fsp3) is 0.556. The number of hydrogen-bond acceptors (Lipinski definition) is 2. The van der Waals surface area contributed by atoms with Gasteiger partial charge in [0.25, 0.3) is 0 Å². The van der Waals surface area contributed by atoms with E-state index in [9.17, 15) is 4.79 Å². The van der Waals surface area contributed by atoms with Crippen LogP contribution in [-0.4, -0.2) is 20.9 Å². The van der Waals surface area contributed by atoms with Crippen molar-refractivity contribution in [3.63, 3.8) is 0 Å². The summed E-state index contributed by atoms with van der Waals surface area (Å²) >= 11 is 0. The summed E-state index contributed by atoms with van der Waals surface area (Å²) in [5.41, 5.74) is 0.0577. The van der Waals surface area contributed by atoms with Gasteiger partial charge in [-0.1, -0.05) is 0 Å². The van der Waals surface area contributed by atoms with Gasteiger partial charge >= 0.3 is 5.97 Å². The SMILES string of the molecule is CCn1ccc(C2(C(=O)O)CC2)n1. The molecule has 1 heterocycles. The molecule has 1 fully saturated rings. The van der Waals surface area contributed by atoms with Gasteiger partial charge in [0.05, 0.1) is 5.69 Å². The van der Waals surface area contributed by atoms with Gasteiger partial charge in [-0.15, -0.1) is 0 Å². The van der Waals surface area contributed by atoms with Crippen LogP contribution in [0.3, 0.4) is 0 Å². The summed E-state index contributed by atoms with van der Waals surface area (Å²) < 4.78 is 1.76. The van der Waals surface area contributed by atoms with Crippen LogP contribution in [0.4, 0.5) is 0 Å². The van der Waals surface area contributed by atoms with E-state index in [1.807, 2.05) is 19.2 Å². The van der Waals surface area contributed by atoms with Crippen molar-refractivity contribution in [3.8, 4) is 0 Å². The largest absolute Gasteiger partial charge is 0.481 e. The maximum atomic E-state index is 10.9. The Labute approximate surface area is 76.2 Å². The van der Waals surface area contributed by atoms with Gasteiger partial charge in [0.1, 0.15) is 5.41 Å². The third kappa shape index (κ3) is 1.13. The first-order chi connectivity index (χ1) is 6.19. The molecule has 1 aromatic heterocycles. The minimum atomic E-state index is -0.742. The van der Waals surface area contributed by atoms with Crippen LogP contribution in [-0.2, 0) is 16.8 Å². The van der Waals surface area contributed by atoms with Crippen LogP contribution in [0.1, 0.15) is 25.5 Å². The molecular weight excluding hydrogens is 168 g/mol. The van der Waals surface area contributed by atoms with Gasteiger partial charge in [0.15, 0.2) is 0 Å². The average Bonchev–Trinajstić information content (AvgIpc) is 2.79. The van der Waals surface area contributed by atoms with Crippen molar-refractivity contribution in [2.45, 2.75) is 31.7 Å². The third-order valence-electron chi connectivity index (χ3n) is 2.61. The maximum absolute atomic E-state index is 10.9. The monoisotopic (exact) mass is 180 g/mol. The minimum absolute atomic E-state index is 0.652. The Balaban J connectivity index is 2.30. The molecule has 1 N–H and O–H groups in total. The number of aryl methyl sites for hydroxylation is 1. The van der Waals surface area contributed by atoms with E-state index in [2.05, 4.69) is 5.10 Å². The van der Waals surface area contributed by atoms with Crippen LogP contribution < -0.4 is 0 Å². The molecule has 0 spiro atoms. The molecule has 1 saturated carbocycles. The second kappa shape index (κ2) is 2.58. The van der Waals surface area contributed by atoms with Gasteiger partial charge in [-0.2, -0.15) is 5.10 Å². The van der Waals surface area contributed by atoms with Gasteiger partial charge in [-0.3, -0.25) is 9.48 Å². The van der Waals surface area contributed by atoms with E-state index in [1.165, 1.54) is 0 Å². The predicted molar refractivity (Wildman–Crippen MR) is 46.4 cm³/mol. The first-order valence-corrected chi connectivity index (χ1v) is 4.46. The van der Waals surface area contributed by atoms with Gasteiger partial charge < -0.3 is 5.11 Å². The first kappa shape index (κ1) is 8.29. The average molecular weight is 180 g/mol. The van der Waals surface area contributed by atoms with Crippen LogP contribution in [0.25, 0.3) is 0 Å². The van der Waals surface area contributed by atoms with E-state index in [0.717, 1.165) is 19.4 Å². The zero-order valence-electron chi connectivity index (χ0n) is 7.53. The Hall–Kier alpha value is -1.32. The lowest BCUT2D eigenvalue weighted by Crippen LogP contribution is -2.20. The Morgan fingerprint density at radius 2 is 2.46 bits per heavy atom. The number of aliphatic carboxylic acids is 1. The molecule has 0 atom stereocenters. The highest BCUT2D eigenvalue weighted by Gasteiger charge is 2.53.